The van der Waals surface area contributed by atoms with Gasteiger partial charge in [0.25, 0.3) is 0 Å². The van der Waals surface area contributed by atoms with Crippen LogP contribution in [0.2, 0.25) is 0 Å². The molecular formula is C15H17ClN4O2. The minimum atomic E-state index is -0.284. The number of aryl methyl sites for hydroxylation is 1. The summed E-state index contributed by atoms with van der Waals surface area (Å²) in [6.07, 6.45) is 5.25. The smallest absolute Gasteiger partial charge is 0.323 e. The van der Waals surface area contributed by atoms with Crippen molar-refractivity contribution in [2.75, 3.05) is 10.6 Å². The molecule has 3 aromatic rings. The zero-order valence-electron chi connectivity index (χ0n) is 11.9. The zero-order valence-corrected chi connectivity index (χ0v) is 12.7. The number of nitrogens with one attached hydrogen (secondary N) is 2. The highest BCUT2D eigenvalue weighted by Gasteiger charge is 2.04. The van der Waals surface area contributed by atoms with Crippen molar-refractivity contribution >= 4 is 40.7 Å². The van der Waals surface area contributed by atoms with E-state index in [0.717, 1.165) is 16.6 Å². The predicted molar refractivity (Wildman–Crippen MR) is 90.7 cm³/mol. The van der Waals surface area contributed by atoms with Crippen molar-refractivity contribution < 1.29 is 10.3 Å². The van der Waals surface area contributed by atoms with Crippen LogP contribution < -0.4 is 10.6 Å². The number of halogens is 1. The molecule has 2 aromatic heterocycles. The van der Waals surface area contributed by atoms with Crippen LogP contribution in [0.15, 0.2) is 55.0 Å². The third-order valence-electron chi connectivity index (χ3n) is 3.06. The summed E-state index contributed by atoms with van der Waals surface area (Å²) in [6.45, 7) is 0. The highest BCUT2D eigenvalue weighted by Crippen LogP contribution is 2.19. The Hall–Kier alpha value is -2.57. The highest BCUT2D eigenvalue weighted by atomic mass is 35.5. The minimum absolute atomic E-state index is 0. The van der Waals surface area contributed by atoms with Crippen LogP contribution in [0.5, 0.6) is 0 Å². The number of hydrogen-bond donors (Lipinski definition) is 2. The number of carbonyl (C=O) groups excluding carboxylic acids is 1. The second-order valence-electron chi connectivity index (χ2n) is 4.52. The van der Waals surface area contributed by atoms with E-state index < -0.39 is 0 Å². The summed E-state index contributed by atoms with van der Waals surface area (Å²) in [4.78, 5) is 15.8. The van der Waals surface area contributed by atoms with Gasteiger partial charge in [-0.15, -0.1) is 12.4 Å². The molecule has 0 unspecified atom stereocenters. The molecule has 7 heteroatoms. The molecule has 0 atom stereocenters. The largest absolute Gasteiger partial charge is 0.412 e. The average Bonchev–Trinajstić information content (AvgIpc) is 2.81. The van der Waals surface area contributed by atoms with Crippen molar-refractivity contribution in [1.29, 1.82) is 0 Å². The fraction of sp³-hybridized carbons (Fsp3) is 0.0667. The molecule has 0 aliphatic carbocycles. The summed E-state index contributed by atoms with van der Waals surface area (Å²) in [5, 5.41) is 6.62. The van der Waals surface area contributed by atoms with Gasteiger partial charge in [-0.3, -0.25) is 4.98 Å². The molecule has 2 amide bonds. The molecule has 4 N–H and O–H groups in total. The van der Waals surface area contributed by atoms with E-state index in [9.17, 15) is 4.79 Å². The number of fused-ring (bicyclic) bond motifs is 1. The molecule has 0 radical (unpaired) electrons. The molecule has 0 bridgehead atoms. The number of anilines is 2. The number of carbonyl (C=O) groups is 1. The maximum absolute atomic E-state index is 11.9. The number of aromatic nitrogens is 2. The van der Waals surface area contributed by atoms with Gasteiger partial charge in [0, 0.05) is 36.0 Å². The van der Waals surface area contributed by atoms with E-state index in [0.29, 0.717) is 5.69 Å². The van der Waals surface area contributed by atoms with Crippen molar-refractivity contribution in [1.82, 2.24) is 9.55 Å². The van der Waals surface area contributed by atoms with Crippen LogP contribution in [-0.4, -0.2) is 21.1 Å². The molecular weight excluding hydrogens is 304 g/mol. The molecule has 1 aromatic carbocycles. The summed E-state index contributed by atoms with van der Waals surface area (Å²) in [5.41, 5.74) is 2.54. The first-order valence-electron chi connectivity index (χ1n) is 6.25. The maximum Gasteiger partial charge on any atom is 0.323 e. The lowest BCUT2D eigenvalue weighted by molar-refractivity contribution is 0.262. The van der Waals surface area contributed by atoms with Gasteiger partial charge in [0.1, 0.15) is 0 Å². The van der Waals surface area contributed by atoms with E-state index in [1.54, 1.807) is 24.5 Å². The Kier molecular flexibility index (Phi) is 5.91. The fourth-order valence-electron chi connectivity index (χ4n) is 2.09. The Morgan fingerprint density at radius 2 is 1.91 bits per heavy atom. The first-order chi connectivity index (χ1) is 9.72. The van der Waals surface area contributed by atoms with Crippen LogP contribution in [0.3, 0.4) is 0 Å². The van der Waals surface area contributed by atoms with Crippen molar-refractivity contribution in [3.63, 3.8) is 0 Å². The fourth-order valence-corrected chi connectivity index (χ4v) is 2.09. The molecule has 0 saturated heterocycles. The van der Waals surface area contributed by atoms with E-state index in [1.165, 1.54) is 0 Å². The summed E-state index contributed by atoms with van der Waals surface area (Å²) < 4.78 is 2.04. The van der Waals surface area contributed by atoms with E-state index in [-0.39, 0.29) is 23.9 Å². The van der Waals surface area contributed by atoms with Crippen LogP contribution in [0.4, 0.5) is 16.2 Å². The molecule has 0 spiro atoms. The van der Waals surface area contributed by atoms with Gasteiger partial charge in [0.05, 0.1) is 11.9 Å². The van der Waals surface area contributed by atoms with Crippen molar-refractivity contribution in [3.8, 4) is 0 Å². The summed E-state index contributed by atoms with van der Waals surface area (Å²) in [5.74, 6) is 0. The normalized spacial score (nSPS) is 9.50. The number of amides is 2. The van der Waals surface area contributed by atoms with Crippen LogP contribution in [0, 0.1) is 0 Å². The Morgan fingerprint density at radius 3 is 2.64 bits per heavy atom. The van der Waals surface area contributed by atoms with Gasteiger partial charge < -0.3 is 20.7 Å². The molecule has 0 saturated carbocycles. The summed E-state index contributed by atoms with van der Waals surface area (Å²) >= 11 is 0. The number of pyridine rings is 1. The SMILES string of the molecule is Cl.Cn1ccc2cc(NC(=O)Nc3cccnc3)ccc21.O. The summed E-state index contributed by atoms with van der Waals surface area (Å²) in [6, 6.07) is 11.1. The molecule has 0 aliphatic rings. The minimum Gasteiger partial charge on any atom is -0.412 e. The van der Waals surface area contributed by atoms with Crippen LogP contribution in [0.1, 0.15) is 0 Å². The van der Waals surface area contributed by atoms with E-state index in [1.807, 2.05) is 42.1 Å². The third kappa shape index (κ3) is 3.75. The van der Waals surface area contributed by atoms with E-state index in [2.05, 4.69) is 15.6 Å². The van der Waals surface area contributed by atoms with Crippen molar-refractivity contribution in [2.45, 2.75) is 0 Å². The Balaban J connectivity index is 0.00000121. The average molecular weight is 321 g/mol. The maximum atomic E-state index is 11.9. The highest BCUT2D eigenvalue weighted by molar-refractivity contribution is 6.00. The van der Waals surface area contributed by atoms with Gasteiger partial charge in [0.15, 0.2) is 0 Å². The number of hydrogen-bond acceptors (Lipinski definition) is 2. The lowest BCUT2D eigenvalue weighted by Gasteiger charge is -2.07. The standard InChI is InChI=1S/C15H14N4O.ClH.H2O/c1-19-8-6-11-9-12(4-5-14(11)19)17-15(20)18-13-3-2-7-16-10-13;;/h2-10H,1H3,(H2,17,18,20);1H;1H2. The second-order valence-corrected chi connectivity index (χ2v) is 4.52. The Morgan fingerprint density at radius 1 is 1.14 bits per heavy atom. The lowest BCUT2D eigenvalue weighted by Crippen LogP contribution is -2.19. The summed E-state index contributed by atoms with van der Waals surface area (Å²) in [7, 11) is 1.99. The predicted octanol–water partition coefficient (Wildman–Crippen LogP) is 2.81. The van der Waals surface area contributed by atoms with Crippen molar-refractivity contribution in [3.05, 3.63) is 55.0 Å². The Labute approximate surface area is 133 Å². The van der Waals surface area contributed by atoms with Gasteiger partial charge in [-0.05, 0) is 36.4 Å². The molecule has 0 aliphatic heterocycles. The van der Waals surface area contributed by atoms with E-state index in [4.69, 9.17) is 0 Å². The quantitative estimate of drug-likeness (QED) is 0.760. The van der Waals surface area contributed by atoms with Gasteiger partial charge in [-0.25, -0.2) is 4.79 Å². The zero-order chi connectivity index (χ0) is 13.9. The molecule has 6 nitrogen and oxygen atoms in total. The number of rotatable bonds is 2. The van der Waals surface area contributed by atoms with Gasteiger partial charge in [0.2, 0.25) is 0 Å². The topological polar surface area (TPSA) is 90.5 Å². The van der Waals surface area contributed by atoms with Gasteiger partial charge >= 0.3 is 6.03 Å². The lowest BCUT2D eigenvalue weighted by atomic mass is 10.2. The van der Waals surface area contributed by atoms with E-state index >= 15 is 0 Å². The van der Waals surface area contributed by atoms with Crippen LogP contribution >= 0.6 is 12.4 Å². The molecule has 116 valence electrons. The molecule has 2 heterocycles. The van der Waals surface area contributed by atoms with Crippen LogP contribution in [-0.2, 0) is 7.05 Å². The number of benzene rings is 1. The third-order valence-corrected chi connectivity index (χ3v) is 3.06. The van der Waals surface area contributed by atoms with Gasteiger partial charge in [-0.1, -0.05) is 0 Å². The molecule has 22 heavy (non-hydrogen) atoms. The molecule has 3 rings (SSSR count). The number of nitrogens with zero attached hydrogens (tertiary/aromatic N) is 2. The number of urea groups is 1. The van der Waals surface area contributed by atoms with Gasteiger partial charge in [-0.2, -0.15) is 0 Å². The Bertz CT molecular complexity index is 759. The first-order valence-corrected chi connectivity index (χ1v) is 6.25. The van der Waals surface area contributed by atoms with Crippen molar-refractivity contribution in [2.24, 2.45) is 7.05 Å². The molecule has 0 fully saturated rings. The van der Waals surface area contributed by atoms with Crippen LogP contribution in [0.25, 0.3) is 10.9 Å². The second kappa shape index (κ2) is 7.44. The first kappa shape index (κ1) is 17.5. The monoisotopic (exact) mass is 320 g/mol.